The third-order valence-electron chi connectivity index (χ3n) is 2.41. The third-order valence-corrected chi connectivity index (χ3v) is 3.52. The summed E-state index contributed by atoms with van der Waals surface area (Å²) in [7, 11) is 0. The Bertz CT molecular complexity index is 606. The molecule has 2 heterocycles. The number of nitrogens with one attached hydrogen (secondary N) is 1. The van der Waals surface area contributed by atoms with Gasteiger partial charge >= 0.3 is 0 Å². The van der Waals surface area contributed by atoms with Gasteiger partial charge in [-0.25, -0.2) is 15.0 Å². The van der Waals surface area contributed by atoms with Crippen LogP contribution in [0, 0.1) is 10.5 Å². The summed E-state index contributed by atoms with van der Waals surface area (Å²) in [5.41, 5.74) is 1.65. The summed E-state index contributed by atoms with van der Waals surface area (Å²) in [5, 5.41) is 0. The van der Waals surface area contributed by atoms with Crippen LogP contribution in [-0.4, -0.2) is 19.9 Å². The highest BCUT2D eigenvalue weighted by Gasteiger charge is 2.11. The first kappa shape index (κ1) is 13.1. The van der Waals surface area contributed by atoms with Crippen LogP contribution in [-0.2, 0) is 6.42 Å². The van der Waals surface area contributed by atoms with Gasteiger partial charge in [0.2, 0.25) is 0 Å². The zero-order chi connectivity index (χ0) is 13.1. The number of nitrogens with zero attached hydrogens (tertiary/aromatic N) is 3. The zero-order valence-electron chi connectivity index (χ0n) is 10.2. The number of hydrogen-bond donors (Lipinski definition) is 1. The molecule has 5 nitrogen and oxygen atoms in total. The van der Waals surface area contributed by atoms with E-state index in [0.29, 0.717) is 15.2 Å². The fourth-order valence-electron chi connectivity index (χ4n) is 1.53. The maximum Gasteiger partial charge on any atom is 0.264 e. The fraction of sp³-hybridized carbons (Fsp3) is 0.333. The van der Waals surface area contributed by atoms with E-state index in [-0.39, 0.29) is 5.56 Å². The maximum atomic E-state index is 11.8. The van der Waals surface area contributed by atoms with Crippen LogP contribution in [0.5, 0.6) is 0 Å². The summed E-state index contributed by atoms with van der Waals surface area (Å²) in [6.07, 6.45) is 5.14. The van der Waals surface area contributed by atoms with Crippen LogP contribution in [0.1, 0.15) is 24.6 Å². The molecule has 0 aromatic carbocycles. The van der Waals surface area contributed by atoms with E-state index >= 15 is 0 Å². The second-order valence-corrected chi connectivity index (χ2v) is 5.09. The highest BCUT2D eigenvalue weighted by Crippen LogP contribution is 2.12. The summed E-state index contributed by atoms with van der Waals surface area (Å²) in [5.74, 6) is 0.885. The molecule has 0 aliphatic carbocycles. The SMILES string of the molecule is CCCc1nc(-c2ncc(C)cn2)[nH]c(=O)c1I. The number of halogens is 1. The number of hydrogen-bond acceptors (Lipinski definition) is 4. The van der Waals surface area contributed by atoms with Crippen molar-refractivity contribution < 1.29 is 0 Å². The molecule has 0 saturated carbocycles. The molecular weight excluding hydrogens is 343 g/mol. The lowest BCUT2D eigenvalue weighted by Crippen LogP contribution is -2.17. The first-order valence-corrected chi connectivity index (χ1v) is 6.77. The minimum Gasteiger partial charge on any atom is -0.303 e. The minimum atomic E-state index is -0.131. The van der Waals surface area contributed by atoms with Gasteiger partial charge in [-0.2, -0.15) is 0 Å². The van der Waals surface area contributed by atoms with E-state index in [2.05, 4.69) is 26.9 Å². The Labute approximate surface area is 118 Å². The summed E-state index contributed by atoms with van der Waals surface area (Å²) in [6.45, 7) is 3.97. The molecule has 0 unspecified atom stereocenters. The summed E-state index contributed by atoms with van der Waals surface area (Å²) in [4.78, 5) is 27.3. The summed E-state index contributed by atoms with van der Waals surface area (Å²) in [6, 6.07) is 0. The van der Waals surface area contributed by atoms with Gasteiger partial charge in [0.1, 0.15) is 0 Å². The number of H-pyrrole nitrogens is 1. The molecule has 1 N–H and O–H groups in total. The second kappa shape index (κ2) is 5.55. The molecule has 2 aromatic rings. The van der Waals surface area contributed by atoms with E-state index in [1.165, 1.54) is 0 Å². The van der Waals surface area contributed by atoms with Crippen molar-refractivity contribution in [2.45, 2.75) is 26.7 Å². The van der Waals surface area contributed by atoms with Crippen molar-refractivity contribution in [3.05, 3.63) is 37.6 Å². The molecule has 6 heteroatoms. The van der Waals surface area contributed by atoms with Gasteiger partial charge in [0.25, 0.3) is 5.56 Å². The summed E-state index contributed by atoms with van der Waals surface area (Å²) >= 11 is 2.02. The van der Waals surface area contributed by atoms with Gasteiger partial charge in [-0.1, -0.05) is 13.3 Å². The average Bonchev–Trinajstić information content (AvgIpc) is 2.36. The van der Waals surface area contributed by atoms with Gasteiger partial charge in [0.15, 0.2) is 11.6 Å². The maximum absolute atomic E-state index is 11.8. The van der Waals surface area contributed by atoms with Crippen molar-refractivity contribution in [3.8, 4) is 11.6 Å². The molecule has 0 aliphatic rings. The van der Waals surface area contributed by atoms with Crippen LogP contribution < -0.4 is 5.56 Å². The van der Waals surface area contributed by atoms with Crippen molar-refractivity contribution in [1.29, 1.82) is 0 Å². The topological polar surface area (TPSA) is 71.5 Å². The fourth-order valence-corrected chi connectivity index (χ4v) is 2.05. The summed E-state index contributed by atoms with van der Waals surface area (Å²) < 4.78 is 0.644. The molecule has 18 heavy (non-hydrogen) atoms. The Morgan fingerprint density at radius 3 is 2.61 bits per heavy atom. The minimum absolute atomic E-state index is 0.131. The van der Waals surface area contributed by atoms with Gasteiger partial charge in [-0.15, -0.1) is 0 Å². The molecule has 0 atom stereocenters. The van der Waals surface area contributed by atoms with Crippen molar-refractivity contribution in [2.75, 3.05) is 0 Å². The number of aromatic nitrogens is 4. The number of rotatable bonds is 3. The Hall–Kier alpha value is -1.31. The van der Waals surface area contributed by atoms with Crippen LogP contribution >= 0.6 is 22.6 Å². The van der Waals surface area contributed by atoms with Gasteiger partial charge < -0.3 is 4.98 Å². The lowest BCUT2D eigenvalue weighted by atomic mass is 10.2. The van der Waals surface area contributed by atoms with E-state index in [0.717, 1.165) is 24.1 Å². The van der Waals surface area contributed by atoms with E-state index in [4.69, 9.17) is 0 Å². The van der Waals surface area contributed by atoms with E-state index in [1.807, 2.05) is 29.5 Å². The highest BCUT2D eigenvalue weighted by atomic mass is 127. The van der Waals surface area contributed by atoms with Crippen molar-refractivity contribution in [2.24, 2.45) is 0 Å². The van der Waals surface area contributed by atoms with Crippen LogP contribution in [0.25, 0.3) is 11.6 Å². The quantitative estimate of drug-likeness (QED) is 0.855. The lowest BCUT2D eigenvalue weighted by Gasteiger charge is -2.04. The molecule has 0 amide bonds. The predicted molar refractivity (Wildman–Crippen MR) is 77.3 cm³/mol. The van der Waals surface area contributed by atoms with Crippen LogP contribution in [0.2, 0.25) is 0 Å². The molecule has 0 aliphatic heterocycles. The molecule has 0 bridgehead atoms. The molecule has 94 valence electrons. The Kier molecular flexibility index (Phi) is 4.05. The largest absolute Gasteiger partial charge is 0.303 e. The van der Waals surface area contributed by atoms with Gasteiger partial charge in [-0.05, 0) is 41.5 Å². The average molecular weight is 356 g/mol. The Morgan fingerprint density at radius 2 is 2.00 bits per heavy atom. The van der Waals surface area contributed by atoms with Crippen molar-refractivity contribution in [3.63, 3.8) is 0 Å². The van der Waals surface area contributed by atoms with Crippen molar-refractivity contribution in [1.82, 2.24) is 19.9 Å². The smallest absolute Gasteiger partial charge is 0.264 e. The zero-order valence-corrected chi connectivity index (χ0v) is 12.4. The first-order chi connectivity index (χ1) is 8.61. The number of aryl methyl sites for hydroxylation is 2. The second-order valence-electron chi connectivity index (χ2n) is 4.01. The van der Waals surface area contributed by atoms with Crippen LogP contribution in [0.3, 0.4) is 0 Å². The van der Waals surface area contributed by atoms with Crippen LogP contribution in [0.15, 0.2) is 17.2 Å². The Balaban J connectivity index is 2.51. The standard InChI is InChI=1S/C12H13IN4O/c1-3-4-8-9(13)12(18)17-11(16-8)10-14-5-7(2)6-15-10/h5-6H,3-4H2,1-2H3,(H,16,17,18). The van der Waals surface area contributed by atoms with E-state index in [1.54, 1.807) is 12.4 Å². The third kappa shape index (κ3) is 2.74. The van der Waals surface area contributed by atoms with E-state index < -0.39 is 0 Å². The van der Waals surface area contributed by atoms with Gasteiger partial charge in [-0.3, -0.25) is 4.79 Å². The van der Waals surface area contributed by atoms with Crippen molar-refractivity contribution >= 4 is 22.6 Å². The monoisotopic (exact) mass is 356 g/mol. The van der Waals surface area contributed by atoms with E-state index in [9.17, 15) is 4.79 Å². The molecule has 0 saturated heterocycles. The first-order valence-electron chi connectivity index (χ1n) is 5.69. The lowest BCUT2D eigenvalue weighted by molar-refractivity contribution is 0.855. The van der Waals surface area contributed by atoms with Gasteiger partial charge in [0, 0.05) is 12.4 Å². The molecule has 0 radical (unpaired) electrons. The molecule has 2 aromatic heterocycles. The predicted octanol–water partition coefficient (Wildman–Crippen LogP) is 2.09. The Morgan fingerprint density at radius 1 is 1.33 bits per heavy atom. The molecular formula is C12H13IN4O. The van der Waals surface area contributed by atoms with Crippen LogP contribution in [0.4, 0.5) is 0 Å². The normalized spacial score (nSPS) is 10.6. The van der Waals surface area contributed by atoms with Gasteiger partial charge in [0.05, 0.1) is 9.26 Å². The molecule has 2 rings (SSSR count). The number of aromatic amines is 1. The molecule has 0 spiro atoms. The molecule has 0 fully saturated rings. The highest BCUT2D eigenvalue weighted by molar-refractivity contribution is 14.1.